The van der Waals surface area contributed by atoms with E-state index >= 15 is 0 Å². The Morgan fingerprint density at radius 2 is 1.97 bits per heavy atom. The highest BCUT2D eigenvalue weighted by atomic mass is 16.5. The average molecular weight is 402 g/mol. The van der Waals surface area contributed by atoms with Gasteiger partial charge in [-0.2, -0.15) is 0 Å². The van der Waals surface area contributed by atoms with Crippen LogP contribution in [0.25, 0.3) is 0 Å². The van der Waals surface area contributed by atoms with Crippen molar-refractivity contribution in [1.29, 1.82) is 0 Å². The first kappa shape index (κ1) is 21.4. The molecule has 0 aliphatic carbocycles. The molecular weight excluding hydrogens is 366 g/mol. The smallest absolute Gasteiger partial charge is 0.191 e. The molecule has 1 saturated heterocycles. The van der Waals surface area contributed by atoms with Crippen molar-refractivity contribution in [2.45, 2.75) is 66.0 Å². The second kappa shape index (κ2) is 10.5. The highest BCUT2D eigenvalue weighted by Crippen LogP contribution is 2.26. The van der Waals surface area contributed by atoms with Gasteiger partial charge in [0, 0.05) is 25.1 Å². The Balaban J connectivity index is 1.71. The summed E-state index contributed by atoms with van der Waals surface area (Å²) < 4.78 is 11.4. The highest BCUT2D eigenvalue weighted by Gasteiger charge is 2.26. The van der Waals surface area contributed by atoms with Crippen molar-refractivity contribution in [3.8, 4) is 0 Å². The summed E-state index contributed by atoms with van der Waals surface area (Å²) in [6.07, 6.45) is 4.18. The van der Waals surface area contributed by atoms with Crippen LogP contribution in [-0.4, -0.2) is 42.2 Å². The van der Waals surface area contributed by atoms with Crippen molar-refractivity contribution in [1.82, 2.24) is 20.7 Å². The monoisotopic (exact) mass is 401 g/mol. The lowest BCUT2D eigenvalue weighted by atomic mass is 10.1. The molecule has 160 valence electrons. The first-order valence-corrected chi connectivity index (χ1v) is 10.9. The quantitative estimate of drug-likeness (QED) is 0.494. The van der Waals surface area contributed by atoms with E-state index in [0.717, 1.165) is 73.5 Å². The van der Waals surface area contributed by atoms with E-state index < -0.39 is 0 Å². The summed E-state index contributed by atoms with van der Waals surface area (Å²) in [4.78, 5) is 7.32. The first-order chi connectivity index (χ1) is 14.2. The molecule has 2 aromatic rings. The Morgan fingerprint density at radius 1 is 1.17 bits per heavy atom. The Labute approximate surface area is 173 Å². The Bertz CT molecular complexity index is 767. The lowest BCUT2D eigenvalue weighted by molar-refractivity contribution is 0.213. The lowest BCUT2D eigenvalue weighted by Gasteiger charge is -2.26. The molecule has 1 aliphatic rings. The van der Waals surface area contributed by atoms with Crippen LogP contribution in [-0.2, 0) is 19.4 Å². The third-order valence-electron chi connectivity index (χ3n) is 5.48. The van der Waals surface area contributed by atoms with Crippen molar-refractivity contribution >= 4 is 5.96 Å². The first-order valence-electron chi connectivity index (χ1n) is 10.9. The van der Waals surface area contributed by atoms with Gasteiger partial charge in [-0.25, -0.2) is 4.99 Å². The van der Waals surface area contributed by atoms with Gasteiger partial charge in [0.2, 0.25) is 0 Å². The average Bonchev–Trinajstić information content (AvgIpc) is 3.47. The fourth-order valence-electron chi connectivity index (χ4n) is 3.91. The van der Waals surface area contributed by atoms with Crippen LogP contribution in [0.1, 0.15) is 68.2 Å². The van der Waals surface area contributed by atoms with Crippen LogP contribution in [0.15, 0.2) is 26.1 Å². The summed E-state index contributed by atoms with van der Waals surface area (Å²) in [6, 6.07) is 4.35. The standard InChI is InChI=1S/C22H35N5O2/c1-5-18-17(20(6-2)29-26-18)14-24-22(23-7-3)25-15-19(27-12-8-9-13-27)21-11-10-16(4)28-21/h10-11,19H,5-9,12-15H2,1-4H3,(H2,23,24,25). The second-order valence-electron chi connectivity index (χ2n) is 7.52. The maximum absolute atomic E-state index is 5.97. The van der Waals surface area contributed by atoms with Crippen LogP contribution in [0.4, 0.5) is 0 Å². The molecule has 3 heterocycles. The number of aromatic nitrogens is 1. The van der Waals surface area contributed by atoms with Crippen LogP contribution in [0, 0.1) is 6.92 Å². The minimum atomic E-state index is 0.211. The van der Waals surface area contributed by atoms with E-state index in [9.17, 15) is 0 Å². The molecule has 1 fully saturated rings. The summed E-state index contributed by atoms with van der Waals surface area (Å²) >= 11 is 0. The minimum Gasteiger partial charge on any atom is -0.465 e. The maximum Gasteiger partial charge on any atom is 0.191 e. The largest absolute Gasteiger partial charge is 0.465 e. The molecule has 7 heteroatoms. The molecule has 2 aromatic heterocycles. The Morgan fingerprint density at radius 3 is 2.59 bits per heavy atom. The van der Waals surface area contributed by atoms with E-state index in [1.807, 2.05) is 13.0 Å². The van der Waals surface area contributed by atoms with Crippen LogP contribution in [0.3, 0.4) is 0 Å². The van der Waals surface area contributed by atoms with Gasteiger partial charge in [0.1, 0.15) is 17.3 Å². The third-order valence-corrected chi connectivity index (χ3v) is 5.48. The van der Waals surface area contributed by atoms with Gasteiger partial charge in [-0.3, -0.25) is 4.90 Å². The molecule has 2 N–H and O–H groups in total. The summed E-state index contributed by atoms with van der Waals surface area (Å²) in [7, 11) is 0. The summed E-state index contributed by atoms with van der Waals surface area (Å²) in [5.41, 5.74) is 2.12. The number of furan rings is 1. The number of guanidine groups is 1. The van der Waals surface area contributed by atoms with E-state index in [1.54, 1.807) is 0 Å². The number of hydrogen-bond donors (Lipinski definition) is 2. The van der Waals surface area contributed by atoms with Gasteiger partial charge >= 0.3 is 0 Å². The number of aliphatic imine (C=N–C) groups is 1. The van der Waals surface area contributed by atoms with E-state index in [-0.39, 0.29) is 6.04 Å². The molecule has 3 rings (SSSR count). The van der Waals surface area contributed by atoms with Crippen LogP contribution >= 0.6 is 0 Å². The topological polar surface area (TPSA) is 78.8 Å². The summed E-state index contributed by atoms with van der Waals surface area (Å²) in [5, 5.41) is 11.1. The van der Waals surface area contributed by atoms with Gasteiger partial charge in [0.05, 0.1) is 18.3 Å². The van der Waals surface area contributed by atoms with E-state index in [0.29, 0.717) is 6.54 Å². The molecule has 0 bridgehead atoms. The predicted octanol–water partition coefficient (Wildman–Crippen LogP) is 3.59. The van der Waals surface area contributed by atoms with Crippen LogP contribution in [0.2, 0.25) is 0 Å². The number of hydrogen-bond acceptors (Lipinski definition) is 5. The van der Waals surface area contributed by atoms with Crippen molar-refractivity contribution in [2.75, 3.05) is 26.2 Å². The van der Waals surface area contributed by atoms with E-state index in [2.05, 4.69) is 47.5 Å². The van der Waals surface area contributed by atoms with Crippen molar-refractivity contribution in [3.63, 3.8) is 0 Å². The summed E-state index contributed by atoms with van der Waals surface area (Å²) in [6.45, 7) is 12.6. The van der Waals surface area contributed by atoms with E-state index in [1.165, 1.54) is 12.8 Å². The molecular formula is C22H35N5O2. The molecule has 1 unspecified atom stereocenters. The zero-order valence-corrected chi connectivity index (χ0v) is 18.3. The number of nitrogens with zero attached hydrogens (tertiary/aromatic N) is 3. The number of rotatable bonds is 9. The molecule has 1 atom stereocenters. The molecule has 1 aliphatic heterocycles. The zero-order valence-electron chi connectivity index (χ0n) is 18.3. The molecule has 0 saturated carbocycles. The number of nitrogens with one attached hydrogen (secondary N) is 2. The van der Waals surface area contributed by atoms with Crippen molar-refractivity contribution in [2.24, 2.45) is 4.99 Å². The number of likely N-dealkylation sites (tertiary alicyclic amines) is 1. The van der Waals surface area contributed by atoms with Crippen LogP contribution in [0.5, 0.6) is 0 Å². The lowest BCUT2D eigenvalue weighted by Crippen LogP contribution is -2.42. The maximum atomic E-state index is 5.97. The molecule has 0 radical (unpaired) electrons. The van der Waals surface area contributed by atoms with Gasteiger partial charge in [-0.15, -0.1) is 0 Å². The molecule has 7 nitrogen and oxygen atoms in total. The van der Waals surface area contributed by atoms with Crippen molar-refractivity contribution < 1.29 is 8.94 Å². The fourth-order valence-corrected chi connectivity index (χ4v) is 3.91. The Hall–Kier alpha value is -2.28. The SMILES string of the molecule is CCNC(=NCc1c(CC)noc1CC)NCC(c1ccc(C)o1)N1CCCC1. The van der Waals surface area contributed by atoms with Crippen molar-refractivity contribution in [3.05, 3.63) is 40.7 Å². The summed E-state index contributed by atoms with van der Waals surface area (Å²) in [5.74, 6) is 3.72. The molecule has 0 spiro atoms. The van der Waals surface area contributed by atoms with Gasteiger partial charge in [0.15, 0.2) is 5.96 Å². The van der Waals surface area contributed by atoms with Gasteiger partial charge in [-0.05, 0) is 58.3 Å². The van der Waals surface area contributed by atoms with Gasteiger partial charge in [-0.1, -0.05) is 19.0 Å². The minimum absolute atomic E-state index is 0.211. The van der Waals surface area contributed by atoms with E-state index in [4.69, 9.17) is 13.9 Å². The second-order valence-corrected chi connectivity index (χ2v) is 7.52. The van der Waals surface area contributed by atoms with Gasteiger partial charge < -0.3 is 19.6 Å². The zero-order chi connectivity index (χ0) is 20.6. The Kier molecular flexibility index (Phi) is 7.75. The normalized spacial score (nSPS) is 16.3. The predicted molar refractivity (Wildman–Crippen MR) is 115 cm³/mol. The molecule has 0 amide bonds. The molecule has 29 heavy (non-hydrogen) atoms. The van der Waals surface area contributed by atoms with Gasteiger partial charge in [0.25, 0.3) is 0 Å². The number of aryl methyl sites for hydroxylation is 3. The molecule has 0 aromatic carbocycles. The van der Waals surface area contributed by atoms with Crippen LogP contribution < -0.4 is 10.6 Å². The highest BCUT2D eigenvalue weighted by molar-refractivity contribution is 5.79. The fraction of sp³-hybridized carbons (Fsp3) is 0.636. The third kappa shape index (κ3) is 5.41.